The van der Waals surface area contributed by atoms with Crippen LogP contribution in [-0.2, 0) is 0 Å². The standard InChI is InChI=1S/C10H12BrF3S/c1-6-5-7(2)15-9(6)8(11)3-4-10(12,13)14/h5,8H,3-4H2,1-2H3. The number of halogens is 4. The van der Waals surface area contributed by atoms with Crippen LogP contribution < -0.4 is 0 Å². The first-order chi connectivity index (χ1) is 6.79. The number of aryl methyl sites for hydroxylation is 2. The minimum atomic E-state index is -4.06. The van der Waals surface area contributed by atoms with Gasteiger partial charge in [0.2, 0.25) is 0 Å². The van der Waals surface area contributed by atoms with Crippen molar-refractivity contribution in [1.82, 2.24) is 0 Å². The summed E-state index contributed by atoms with van der Waals surface area (Å²) in [5.74, 6) is 0. The van der Waals surface area contributed by atoms with Crippen LogP contribution in [0.3, 0.4) is 0 Å². The molecular formula is C10H12BrF3S. The van der Waals surface area contributed by atoms with Crippen molar-refractivity contribution in [3.05, 3.63) is 21.4 Å². The predicted octanol–water partition coefficient (Wildman–Crippen LogP) is 5.14. The fourth-order valence-corrected chi connectivity index (χ4v) is 3.31. The van der Waals surface area contributed by atoms with Crippen LogP contribution in [0.2, 0.25) is 0 Å². The Morgan fingerprint density at radius 2 is 2.00 bits per heavy atom. The smallest absolute Gasteiger partial charge is 0.171 e. The van der Waals surface area contributed by atoms with E-state index in [0.29, 0.717) is 0 Å². The predicted molar refractivity (Wildman–Crippen MR) is 60.8 cm³/mol. The van der Waals surface area contributed by atoms with Gasteiger partial charge in [0.15, 0.2) is 0 Å². The Morgan fingerprint density at radius 3 is 2.40 bits per heavy atom. The van der Waals surface area contributed by atoms with Crippen molar-refractivity contribution < 1.29 is 13.2 Å². The number of alkyl halides is 4. The fraction of sp³-hybridized carbons (Fsp3) is 0.600. The molecular weight excluding hydrogens is 289 g/mol. The molecule has 0 aliphatic carbocycles. The van der Waals surface area contributed by atoms with Crippen LogP contribution in [-0.4, -0.2) is 6.18 Å². The summed E-state index contributed by atoms with van der Waals surface area (Å²) in [7, 11) is 0. The van der Waals surface area contributed by atoms with Crippen LogP contribution in [0.1, 0.15) is 33.0 Å². The Bertz CT molecular complexity index is 330. The van der Waals surface area contributed by atoms with E-state index in [1.807, 2.05) is 19.9 Å². The molecule has 0 aliphatic rings. The lowest BCUT2D eigenvalue weighted by atomic mass is 10.1. The number of thiophene rings is 1. The molecule has 0 saturated carbocycles. The van der Waals surface area contributed by atoms with Crippen LogP contribution in [0.15, 0.2) is 6.07 Å². The van der Waals surface area contributed by atoms with E-state index < -0.39 is 12.6 Å². The van der Waals surface area contributed by atoms with Gasteiger partial charge in [-0.05, 0) is 31.9 Å². The summed E-state index contributed by atoms with van der Waals surface area (Å²) in [6.07, 6.45) is -4.70. The summed E-state index contributed by atoms with van der Waals surface area (Å²) in [6.45, 7) is 3.89. The van der Waals surface area contributed by atoms with Gasteiger partial charge in [-0.3, -0.25) is 0 Å². The molecule has 1 aromatic rings. The third kappa shape index (κ3) is 4.15. The Kier molecular flexibility index (Phi) is 4.23. The number of hydrogen-bond acceptors (Lipinski definition) is 1. The zero-order valence-corrected chi connectivity index (χ0v) is 10.9. The van der Waals surface area contributed by atoms with Gasteiger partial charge < -0.3 is 0 Å². The summed E-state index contributed by atoms with van der Waals surface area (Å²) in [5, 5.41) is 0. The van der Waals surface area contributed by atoms with Gasteiger partial charge in [0.1, 0.15) is 0 Å². The van der Waals surface area contributed by atoms with Crippen molar-refractivity contribution in [2.45, 2.75) is 37.7 Å². The minimum Gasteiger partial charge on any atom is -0.171 e. The first-order valence-corrected chi connectivity index (χ1v) is 6.30. The first kappa shape index (κ1) is 13.0. The fourth-order valence-electron chi connectivity index (χ4n) is 1.39. The molecule has 0 bridgehead atoms. The van der Waals surface area contributed by atoms with Crippen molar-refractivity contribution in [3.63, 3.8) is 0 Å². The zero-order valence-electron chi connectivity index (χ0n) is 8.49. The lowest BCUT2D eigenvalue weighted by Gasteiger charge is -2.11. The summed E-state index contributed by atoms with van der Waals surface area (Å²) in [6, 6.07) is 2.00. The van der Waals surface area contributed by atoms with Gasteiger partial charge in [0.05, 0.1) is 0 Å². The summed E-state index contributed by atoms with van der Waals surface area (Å²) >= 11 is 4.87. The molecule has 0 N–H and O–H groups in total. The lowest BCUT2D eigenvalue weighted by Crippen LogP contribution is -2.07. The molecule has 0 saturated heterocycles. The van der Waals surface area contributed by atoms with Crippen molar-refractivity contribution >= 4 is 27.3 Å². The van der Waals surface area contributed by atoms with E-state index in [4.69, 9.17) is 0 Å². The Balaban J connectivity index is 2.61. The highest BCUT2D eigenvalue weighted by molar-refractivity contribution is 9.09. The van der Waals surface area contributed by atoms with E-state index in [9.17, 15) is 13.2 Å². The van der Waals surface area contributed by atoms with Crippen molar-refractivity contribution in [1.29, 1.82) is 0 Å². The molecule has 1 rings (SSSR count). The Morgan fingerprint density at radius 1 is 1.40 bits per heavy atom. The van der Waals surface area contributed by atoms with Crippen LogP contribution in [0.5, 0.6) is 0 Å². The highest BCUT2D eigenvalue weighted by atomic mass is 79.9. The number of rotatable bonds is 3. The average molecular weight is 301 g/mol. The molecule has 0 spiro atoms. The normalized spacial score (nSPS) is 14.3. The molecule has 1 atom stereocenters. The number of hydrogen-bond donors (Lipinski definition) is 0. The molecule has 0 amide bonds. The third-order valence-corrected chi connectivity index (χ3v) is 4.53. The molecule has 86 valence electrons. The monoisotopic (exact) mass is 300 g/mol. The molecule has 5 heteroatoms. The first-order valence-electron chi connectivity index (χ1n) is 4.57. The van der Waals surface area contributed by atoms with Crippen molar-refractivity contribution in [3.8, 4) is 0 Å². The molecule has 15 heavy (non-hydrogen) atoms. The second-order valence-electron chi connectivity index (χ2n) is 3.53. The van der Waals surface area contributed by atoms with Gasteiger partial charge in [-0.15, -0.1) is 11.3 Å². The summed E-state index contributed by atoms with van der Waals surface area (Å²) in [5.41, 5.74) is 1.07. The Labute approximate surface area is 99.6 Å². The lowest BCUT2D eigenvalue weighted by molar-refractivity contribution is -0.135. The summed E-state index contributed by atoms with van der Waals surface area (Å²) in [4.78, 5) is 1.97. The van der Waals surface area contributed by atoms with E-state index in [1.54, 1.807) is 11.3 Å². The largest absolute Gasteiger partial charge is 0.389 e. The highest BCUT2D eigenvalue weighted by Gasteiger charge is 2.28. The van der Waals surface area contributed by atoms with Gasteiger partial charge >= 0.3 is 6.18 Å². The maximum absolute atomic E-state index is 12.0. The Hall–Kier alpha value is -0.0300. The maximum Gasteiger partial charge on any atom is 0.389 e. The van der Waals surface area contributed by atoms with Crippen molar-refractivity contribution in [2.75, 3.05) is 0 Å². The van der Waals surface area contributed by atoms with Gasteiger partial charge in [-0.1, -0.05) is 15.9 Å². The van der Waals surface area contributed by atoms with Gasteiger partial charge in [0, 0.05) is 21.0 Å². The molecule has 1 aromatic heterocycles. The van der Waals surface area contributed by atoms with Gasteiger partial charge in [-0.2, -0.15) is 13.2 Å². The zero-order chi connectivity index (χ0) is 11.6. The van der Waals surface area contributed by atoms with E-state index >= 15 is 0 Å². The van der Waals surface area contributed by atoms with Gasteiger partial charge in [-0.25, -0.2) is 0 Å². The van der Waals surface area contributed by atoms with E-state index in [2.05, 4.69) is 15.9 Å². The minimum absolute atomic E-state index is 0.101. The summed E-state index contributed by atoms with van der Waals surface area (Å²) < 4.78 is 36.1. The molecule has 1 unspecified atom stereocenters. The molecule has 1 heterocycles. The molecule has 0 aromatic carbocycles. The van der Waals surface area contributed by atoms with Crippen LogP contribution >= 0.6 is 27.3 Å². The van der Waals surface area contributed by atoms with E-state index in [1.165, 1.54) is 0 Å². The topological polar surface area (TPSA) is 0 Å². The molecule has 0 radical (unpaired) electrons. The van der Waals surface area contributed by atoms with E-state index in [-0.39, 0.29) is 11.2 Å². The third-order valence-electron chi connectivity index (χ3n) is 2.05. The van der Waals surface area contributed by atoms with Crippen LogP contribution in [0.25, 0.3) is 0 Å². The molecule has 0 nitrogen and oxygen atoms in total. The highest BCUT2D eigenvalue weighted by Crippen LogP contribution is 2.38. The second-order valence-corrected chi connectivity index (χ2v) is 5.92. The molecule has 0 aliphatic heterocycles. The van der Waals surface area contributed by atoms with Gasteiger partial charge in [0.25, 0.3) is 0 Å². The van der Waals surface area contributed by atoms with E-state index in [0.717, 1.165) is 15.3 Å². The van der Waals surface area contributed by atoms with Crippen LogP contribution in [0, 0.1) is 13.8 Å². The second kappa shape index (κ2) is 4.87. The quantitative estimate of drug-likeness (QED) is 0.678. The average Bonchev–Trinajstić information content (AvgIpc) is 2.40. The maximum atomic E-state index is 12.0. The van der Waals surface area contributed by atoms with Crippen LogP contribution in [0.4, 0.5) is 13.2 Å². The van der Waals surface area contributed by atoms with Crippen molar-refractivity contribution in [2.24, 2.45) is 0 Å². The SMILES string of the molecule is Cc1cc(C)c(C(Br)CCC(F)(F)F)s1. The molecule has 0 fully saturated rings.